The highest BCUT2D eigenvalue weighted by atomic mass is 16.5. The molecule has 0 bridgehead atoms. The molecule has 2 saturated heterocycles. The van der Waals surface area contributed by atoms with E-state index in [0.717, 1.165) is 32.5 Å². The van der Waals surface area contributed by atoms with E-state index >= 15 is 0 Å². The molecule has 0 aliphatic carbocycles. The van der Waals surface area contributed by atoms with E-state index in [4.69, 9.17) is 4.74 Å². The van der Waals surface area contributed by atoms with Crippen LogP contribution in [0.5, 0.6) is 0 Å². The van der Waals surface area contributed by atoms with Crippen LogP contribution in [0.2, 0.25) is 0 Å². The summed E-state index contributed by atoms with van der Waals surface area (Å²) in [5, 5.41) is 3.17. The second-order valence-corrected chi connectivity index (χ2v) is 5.88. The Balaban J connectivity index is 1.82. The second-order valence-electron chi connectivity index (χ2n) is 5.88. The summed E-state index contributed by atoms with van der Waals surface area (Å²) < 4.78 is 5.71. The quantitative estimate of drug-likeness (QED) is 0.797. The van der Waals surface area contributed by atoms with Gasteiger partial charge in [0, 0.05) is 25.7 Å². The van der Waals surface area contributed by atoms with Crippen LogP contribution in [0, 0.1) is 5.92 Å². The highest BCUT2D eigenvalue weighted by Crippen LogP contribution is 2.24. The van der Waals surface area contributed by atoms with Crippen LogP contribution in [0.1, 0.15) is 33.6 Å². The van der Waals surface area contributed by atoms with Gasteiger partial charge in [0.2, 0.25) is 5.91 Å². The molecule has 1 amide bonds. The van der Waals surface area contributed by atoms with Crippen molar-refractivity contribution < 1.29 is 9.53 Å². The minimum absolute atomic E-state index is 0.122. The van der Waals surface area contributed by atoms with E-state index in [9.17, 15) is 4.79 Å². The van der Waals surface area contributed by atoms with Gasteiger partial charge >= 0.3 is 0 Å². The third kappa shape index (κ3) is 2.80. The van der Waals surface area contributed by atoms with Crippen LogP contribution in [-0.4, -0.2) is 48.7 Å². The summed E-state index contributed by atoms with van der Waals surface area (Å²) in [6.07, 6.45) is 2.27. The summed E-state index contributed by atoms with van der Waals surface area (Å²) in [4.78, 5) is 14.1. The molecule has 2 fully saturated rings. The van der Waals surface area contributed by atoms with Gasteiger partial charge in [0.25, 0.3) is 0 Å². The van der Waals surface area contributed by atoms with Crippen LogP contribution < -0.4 is 5.32 Å². The van der Waals surface area contributed by atoms with Crippen molar-refractivity contribution in [3.05, 3.63) is 0 Å². The van der Waals surface area contributed by atoms with Gasteiger partial charge in [-0.15, -0.1) is 0 Å². The molecule has 0 saturated carbocycles. The van der Waals surface area contributed by atoms with Gasteiger partial charge in [0.15, 0.2) is 0 Å². The summed E-state index contributed by atoms with van der Waals surface area (Å²) in [5.74, 6) is 0.705. The minimum Gasteiger partial charge on any atom is -0.363 e. The number of carbonyl (C=O) groups excluding carboxylic acids is 1. The van der Waals surface area contributed by atoms with Gasteiger partial charge in [0.05, 0.1) is 5.60 Å². The molecule has 0 aromatic heterocycles. The third-order valence-corrected chi connectivity index (χ3v) is 3.93. The number of rotatable bonds is 4. The Hall–Kier alpha value is -0.610. The molecule has 1 N–H and O–H groups in total. The molecule has 98 valence electrons. The SMILES string of the molecule is CC(C)C1CCCN1C(=O)COC1(C)CNC1. The zero-order chi connectivity index (χ0) is 12.5. The van der Waals surface area contributed by atoms with Crippen molar-refractivity contribution in [2.24, 2.45) is 5.92 Å². The lowest BCUT2D eigenvalue weighted by atomic mass is 10.00. The number of carbonyl (C=O) groups is 1. The van der Waals surface area contributed by atoms with Gasteiger partial charge in [-0.3, -0.25) is 4.79 Å². The Labute approximate surface area is 104 Å². The lowest BCUT2D eigenvalue weighted by Crippen LogP contribution is -2.59. The van der Waals surface area contributed by atoms with Gasteiger partial charge in [-0.25, -0.2) is 0 Å². The largest absolute Gasteiger partial charge is 0.363 e. The number of nitrogens with one attached hydrogen (secondary N) is 1. The molecule has 2 aliphatic rings. The lowest BCUT2D eigenvalue weighted by Gasteiger charge is -2.39. The maximum atomic E-state index is 12.1. The summed E-state index contributed by atoms with van der Waals surface area (Å²) in [6.45, 7) is 9.28. The molecule has 4 heteroatoms. The van der Waals surface area contributed by atoms with Crippen LogP contribution in [0.3, 0.4) is 0 Å². The molecule has 2 heterocycles. The van der Waals surface area contributed by atoms with Gasteiger partial charge in [0.1, 0.15) is 6.61 Å². The van der Waals surface area contributed by atoms with Gasteiger partial charge in [-0.1, -0.05) is 13.8 Å². The fraction of sp³-hybridized carbons (Fsp3) is 0.923. The van der Waals surface area contributed by atoms with E-state index in [-0.39, 0.29) is 18.1 Å². The first kappa shape index (κ1) is 12.8. The Bertz CT molecular complexity index is 287. The molecular formula is C13H24N2O2. The van der Waals surface area contributed by atoms with Crippen LogP contribution in [0.25, 0.3) is 0 Å². The van der Waals surface area contributed by atoms with E-state index in [1.807, 2.05) is 4.90 Å². The van der Waals surface area contributed by atoms with Crippen LogP contribution >= 0.6 is 0 Å². The van der Waals surface area contributed by atoms with Crippen molar-refractivity contribution in [3.8, 4) is 0 Å². The summed E-state index contributed by atoms with van der Waals surface area (Å²) in [5.41, 5.74) is -0.122. The van der Waals surface area contributed by atoms with Gasteiger partial charge in [-0.05, 0) is 25.7 Å². The van der Waals surface area contributed by atoms with E-state index in [0.29, 0.717) is 12.0 Å². The molecule has 0 aromatic carbocycles. The normalized spacial score (nSPS) is 27.3. The number of amides is 1. The third-order valence-electron chi connectivity index (χ3n) is 3.93. The number of ether oxygens (including phenoxy) is 1. The van der Waals surface area contributed by atoms with Crippen molar-refractivity contribution in [2.45, 2.75) is 45.3 Å². The molecule has 4 nitrogen and oxygen atoms in total. The number of hydrogen-bond donors (Lipinski definition) is 1. The average molecular weight is 240 g/mol. The second kappa shape index (κ2) is 4.94. The lowest BCUT2D eigenvalue weighted by molar-refractivity contribution is -0.147. The monoisotopic (exact) mass is 240 g/mol. The molecule has 2 rings (SSSR count). The Morgan fingerprint density at radius 2 is 2.24 bits per heavy atom. The number of nitrogens with zero attached hydrogens (tertiary/aromatic N) is 1. The van der Waals surface area contributed by atoms with E-state index in [2.05, 4.69) is 26.1 Å². The smallest absolute Gasteiger partial charge is 0.248 e. The van der Waals surface area contributed by atoms with E-state index in [1.54, 1.807) is 0 Å². The fourth-order valence-corrected chi connectivity index (χ4v) is 2.69. The molecule has 0 spiro atoms. The average Bonchev–Trinajstić information content (AvgIpc) is 2.72. The summed E-state index contributed by atoms with van der Waals surface area (Å²) in [7, 11) is 0. The maximum absolute atomic E-state index is 12.1. The van der Waals surface area contributed by atoms with Crippen LogP contribution in [0.15, 0.2) is 0 Å². The van der Waals surface area contributed by atoms with Crippen molar-refractivity contribution >= 4 is 5.91 Å². The molecule has 1 unspecified atom stereocenters. The Kier molecular flexibility index (Phi) is 3.73. The Morgan fingerprint density at radius 3 is 2.76 bits per heavy atom. The Morgan fingerprint density at radius 1 is 1.53 bits per heavy atom. The predicted octanol–water partition coefficient (Wildman–Crippen LogP) is 1.01. The first-order valence-electron chi connectivity index (χ1n) is 6.66. The van der Waals surface area contributed by atoms with E-state index in [1.165, 1.54) is 0 Å². The zero-order valence-electron chi connectivity index (χ0n) is 11.2. The first-order valence-corrected chi connectivity index (χ1v) is 6.66. The first-order chi connectivity index (χ1) is 8.02. The van der Waals surface area contributed by atoms with Crippen molar-refractivity contribution in [3.63, 3.8) is 0 Å². The molecule has 0 radical (unpaired) electrons. The van der Waals surface area contributed by atoms with Crippen molar-refractivity contribution in [2.75, 3.05) is 26.2 Å². The highest BCUT2D eigenvalue weighted by Gasteiger charge is 2.35. The van der Waals surface area contributed by atoms with E-state index < -0.39 is 0 Å². The van der Waals surface area contributed by atoms with Crippen LogP contribution in [0.4, 0.5) is 0 Å². The molecule has 17 heavy (non-hydrogen) atoms. The summed E-state index contributed by atoms with van der Waals surface area (Å²) >= 11 is 0. The topological polar surface area (TPSA) is 41.6 Å². The van der Waals surface area contributed by atoms with Gasteiger partial charge < -0.3 is 15.0 Å². The highest BCUT2D eigenvalue weighted by molar-refractivity contribution is 5.78. The zero-order valence-corrected chi connectivity index (χ0v) is 11.2. The minimum atomic E-state index is -0.122. The van der Waals surface area contributed by atoms with Crippen molar-refractivity contribution in [1.29, 1.82) is 0 Å². The predicted molar refractivity (Wildman–Crippen MR) is 66.8 cm³/mol. The molecule has 2 aliphatic heterocycles. The summed E-state index contributed by atoms with van der Waals surface area (Å²) in [6, 6.07) is 0.415. The van der Waals surface area contributed by atoms with Gasteiger partial charge in [-0.2, -0.15) is 0 Å². The molecular weight excluding hydrogens is 216 g/mol. The van der Waals surface area contributed by atoms with Crippen LogP contribution in [-0.2, 0) is 9.53 Å². The molecule has 0 aromatic rings. The number of likely N-dealkylation sites (tertiary alicyclic amines) is 1. The van der Waals surface area contributed by atoms with Crippen molar-refractivity contribution in [1.82, 2.24) is 10.2 Å². The fourth-order valence-electron chi connectivity index (χ4n) is 2.69. The number of hydrogen-bond acceptors (Lipinski definition) is 3. The maximum Gasteiger partial charge on any atom is 0.248 e. The molecule has 1 atom stereocenters. The standard InChI is InChI=1S/C13H24N2O2/c1-10(2)11-5-4-6-15(11)12(16)7-17-13(3)8-14-9-13/h10-11,14H,4-9H2,1-3H3.